The molecule has 5 heteroatoms. The fourth-order valence-corrected chi connectivity index (χ4v) is 4.44. The summed E-state index contributed by atoms with van der Waals surface area (Å²) in [7, 11) is 0. The van der Waals surface area contributed by atoms with E-state index in [0.29, 0.717) is 4.83 Å². The van der Waals surface area contributed by atoms with Gasteiger partial charge < -0.3 is 4.98 Å². The molecule has 0 amide bonds. The van der Waals surface area contributed by atoms with E-state index < -0.39 is 0 Å². The SMILES string of the molecule is BrC(Cc1ncc[nH]1)c1cc2sccc2s1. The molecule has 2 nitrogen and oxygen atoms in total. The van der Waals surface area contributed by atoms with Gasteiger partial charge >= 0.3 is 0 Å². The second-order valence-electron chi connectivity index (χ2n) is 3.51. The van der Waals surface area contributed by atoms with Crippen molar-refractivity contribution in [3.05, 3.63) is 40.6 Å². The lowest BCUT2D eigenvalue weighted by molar-refractivity contribution is 0.889. The second kappa shape index (κ2) is 4.31. The molecule has 1 atom stereocenters. The number of aromatic nitrogens is 2. The zero-order chi connectivity index (χ0) is 11.0. The van der Waals surface area contributed by atoms with Crippen LogP contribution in [-0.2, 0) is 6.42 Å². The molecule has 3 heterocycles. The van der Waals surface area contributed by atoms with Crippen molar-refractivity contribution >= 4 is 48.0 Å². The molecule has 3 aromatic heterocycles. The molecule has 3 aromatic rings. The largest absolute Gasteiger partial charge is 0.349 e. The molecule has 16 heavy (non-hydrogen) atoms. The van der Waals surface area contributed by atoms with Gasteiger partial charge in [-0.15, -0.1) is 22.7 Å². The molecule has 0 saturated carbocycles. The maximum absolute atomic E-state index is 4.24. The molecule has 0 aliphatic rings. The van der Waals surface area contributed by atoms with E-state index in [-0.39, 0.29) is 0 Å². The molecule has 0 fully saturated rings. The van der Waals surface area contributed by atoms with Gasteiger partial charge in [0.05, 0.1) is 4.83 Å². The monoisotopic (exact) mass is 312 g/mol. The predicted molar refractivity (Wildman–Crippen MR) is 73.7 cm³/mol. The Kier molecular flexibility index (Phi) is 2.83. The Morgan fingerprint density at radius 2 is 2.38 bits per heavy atom. The molecule has 1 unspecified atom stereocenters. The van der Waals surface area contributed by atoms with Crippen molar-refractivity contribution in [3.8, 4) is 0 Å². The van der Waals surface area contributed by atoms with E-state index in [1.54, 1.807) is 17.5 Å². The van der Waals surface area contributed by atoms with E-state index in [2.05, 4.69) is 43.4 Å². The summed E-state index contributed by atoms with van der Waals surface area (Å²) in [4.78, 5) is 9.10. The first kappa shape index (κ1) is 10.5. The van der Waals surface area contributed by atoms with E-state index in [4.69, 9.17) is 0 Å². The third-order valence-electron chi connectivity index (χ3n) is 2.39. The van der Waals surface area contributed by atoms with Crippen LogP contribution in [0.5, 0.6) is 0 Å². The summed E-state index contributed by atoms with van der Waals surface area (Å²) in [5.41, 5.74) is 0. The highest BCUT2D eigenvalue weighted by Crippen LogP contribution is 2.37. The first-order valence-corrected chi connectivity index (χ1v) is 7.53. The number of hydrogen-bond donors (Lipinski definition) is 1. The van der Waals surface area contributed by atoms with Crippen molar-refractivity contribution in [1.29, 1.82) is 0 Å². The van der Waals surface area contributed by atoms with Gasteiger partial charge in [-0.05, 0) is 17.5 Å². The van der Waals surface area contributed by atoms with Gasteiger partial charge in [-0.2, -0.15) is 0 Å². The lowest BCUT2D eigenvalue weighted by atomic mass is 10.2. The number of imidazole rings is 1. The number of thiophene rings is 2. The number of nitrogens with one attached hydrogen (secondary N) is 1. The number of halogens is 1. The number of fused-ring (bicyclic) bond motifs is 1. The zero-order valence-electron chi connectivity index (χ0n) is 8.31. The number of H-pyrrole nitrogens is 1. The highest BCUT2D eigenvalue weighted by Gasteiger charge is 2.13. The Morgan fingerprint density at radius 1 is 1.44 bits per heavy atom. The van der Waals surface area contributed by atoms with Crippen molar-refractivity contribution in [2.45, 2.75) is 11.2 Å². The molecule has 82 valence electrons. The topological polar surface area (TPSA) is 28.7 Å². The van der Waals surface area contributed by atoms with Gasteiger partial charge in [0.25, 0.3) is 0 Å². The van der Waals surface area contributed by atoms with Crippen LogP contribution in [0.3, 0.4) is 0 Å². The molecule has 0 radical (unpaired) electrons. The highest BCUT2D eigenvalue weighted by atomic mass is 79.9. The quantitative estimate of drug-likeness (QED) is 0.715. The molecule has 0 aliphatic carbocycles. The number of nitrogens with zero attached hydrogens (tertiary/aromatic N) is 1. The molecule has 0 aliphatic heterocycles. The van der Waals surface area contributed by atoms with Crippen LogP contribution in [0.15, 0.2) is 29.9 Å². The van der Waals surface area contributed by atoms with Crippen LogP contribution in [0.2, 0.25) is 0 Å². The van der Waals surface area contributed by atoms with Crippen molar-refractivity contribution < 1.29 is 0 Å². The van der Waals surface area contributed by atoms with Crippen molar-refractivity contribution in [2.75, 3.05) is 0 Å². The van der Waals surface area contributed by atoms with E-state index in [1.807, 2.05) is 17.5 Å². The van der Waals surface area contributed by atoms with Gasteiger partial charge in [0.2, 0.25) is 0 Å². The Bertz CT molecular complexity index is 553. The molecule has 0 saturated heterocycles. The van der Waals surface area contributed by atoms with Crippen molar-refractivity contribution in [3.63, 3.8) is 0 Å². The normalized spacial score (nSPS) is 13.3. The van der Waals surface area contributed by atoms with Crippen LogP contribution >= 0.6 is 38.6 Å². The Balaban J connectivity index is 1.84. The van der Waals surface area contributed by atoms with E-state index >= 15 is 0 Å². The van der Waals surface area contributed by atoms with Gasteiger partial charge in [0.1, 0.15) is 5.82 Å². The van der Waals surface area contributed by atoms with Gasteiger partial charge in [-0.1, -0.05) is 15.9 Å². The molecular formula is C11H9BrN2S2. The zero-order valence-corrected chi connectivity index (χ0v) is 11.5. The Hall–Kier alpha value is -0.650. The Morgan fingerprint density at radius 3 is 3.12 bits per heavy atom. The minimum absolute atomic E-state index is 0.350. The summed E-state index contributed by atoms with van der Waals surface area (Å²) in [6.45, 7) is 0. The summed E-state index contributed by atoms with van der Waals surface area (Å²) >= 11 is 7.38. The van der Waals surface area contributed by atoms with Crippen LogP contribution in [0.4, 0.5) is 0 Å². The van der Waals surface area contributed by atoms with Crippen molar-refractivity contribution in [1.82, 2.24) is 9.97 Å². The minimum Gasteiger partial charge on any atom is -0.349 e. The highest BCUT2D eigenvalue weighted by molar-refractivity contribution is 9.09. The standard InChI is InChI=1S/C11H9BrN2S2/c12-7(5-11-13-2-3-14-11)9-6-10-8(16-9)1-4-15-10/h1-4,6-7H,5H2,(H,13,14). The number of alkyl halides is 1. The first-order valence-electron chi connectivity index (χ1n) is 4.92. The molecule has 1 N–H and O–H groups in total. The average Bonchev–Trinajstić information content (AvgIpc) is 2.91. The van der Waals surface area contributed by atoms with Crippen LogP contribution in [-0.4, -0.2) is 9.97 Å². The summed E-state index contributed by atoms with van der Waals surface area (Å²) in [6.07, 6.45) is 4.56. The van der Waals surface area contributed by atoms with E-state index in [1.165, 1.54) is 14.3 Å². The van der Waals surface area contributed by atoms with Gasteiger partial charge in [0.15, 0.2) is 0 Å². The summed E-state index contributed by atoms with van der Waals surface area (Å²) in [6, 6.07) is 4.45. The summed E-state index contributed by atoms with van der Waals surface area (Å²) in [5, 5.41) is 2.14. The third-order valence-corrected chi connectivity index (χ3v) is 5.72. The smallest absolute Gasteiger partial charge is 0.107 e. The van der Waals surface area contributed by atoms with Crippen LogP contribution in [0.25, 0.3) is 9.40 Å². The predicted octanol–water partition coefficient (Wildman–Crippen LogP) is 4.36. The molecule has 0 aromatic carbocycles. The molecular weight excluding hydrogens is 304 g/mol. The first-order chi connectivity index (χ1) is 7.83. The van der Waals surface area contributed by atoms with E-state index in [9.17, 15) is 0 Å². The number of aromatic amines is 1. The van der Waals surface area contributed by atoms with Crippen LogP contribution in [0.1, 0.15) is 15.5 Å². The molecule has 0 bridgehead atoms. The third kappa shape index (κ3) is 1.95. The minimum atomic E-state index is 0.350. The van der Waals surface area contributed by atoms with Gasteiger partial charge in [0, 0.05) is 33.1 Å². The maximum atomic E-state index is 4.24. The van der Waals surface area contributed by atoms with Gasteiger partial charge in [-0.3, -0.25) is 0 Å². The van der Waals surface area contributed by atoms with Crippen LogP contribution in [0, 0.1) is 0 Å². The Labute approximate surface area is 109 Å². The van der Waals surface area contributed by atoms with Crippen LogP contribution < -0.4 is 0 Å². The van der Waals surface area contributed by atoms with E-state index in [0.717, 1.165) is 12.2 Å². The number of rotatable bonds is 3. The van der Waals surface area contributed by atoms with Crippen molar-refractivity contribution in [2.24, 2.45) is 0 Å². The summed E-state index contributed by atoms with van der Waals surface area (Å²) in [5.74, 6) is 1.03. The lowest BCUT2D eigenvalue weighted by Gasteiger charge is -2.04. The maximum Gasteiger partial charge on any atom is 0.107 e. The fraction of sp³-hybridized carbons (Fsp3) is 0.182. The van der Waals surface area contributed by atoms with Gasteiger partial charge in [-0.25, -0.2) is 4.98 Å². The summed E-state index contributed by atoms with van der Waals surface area (Å²) < 4.78 is 2.76. The average molecular weight is 313 g/mol. The lowest BCUT2D eigenvalue weighted by Crippen LogP contribution is -1.94. The molecule has 3 rings (SSSR count). The molecule has 0 spiro atoms. The fourth-order valence-electron chi connectivity index (χ4n) is 1.62. The second-order valence-corrected chi connectivity index (χ2v) is 6.67. The number of hydrogen-bond acceptors (Lipinski definition) is 3.